The minimum absolute atomic E-state index is 0.0934. The summed E-state index contributed by atoms with van der Waals surface area (Å²) in [5.41, 5.74) is 4.04. The second-order valence-corrected chi connectivity index (χ2v) is 12.1. The molecule has 0 aliphatic carbocycles. The highest BCUT2D eigenvalue weighted by Gasteiger charge is 2.39. The van der Waals surface area contributed by atoms with E-state index >= 15 is 0 Å². The first-order valence-corrected chi connectivity index (χ1v) is 14.7. The second-order valence-electron chi connectivity index (χ2n) is 12.1. The maximum atomic E-state index is 14.7. The number of phenols is 1. The number of ether oxygens (including phenoxy) is 1. The molecule has 3 N–H and O–H groups in total. The molecule has 43 heavy (non-hydrogen) atoms. The molecule has 3 atom stereocenters. The average molecular weight is 588 g/mol. The van der Waals surface area contributed by atoms with Gasteiger partial charge in [-0.25, -0.2) is 4.79 Å². The minimum Gasteiger partial charge on any atom is -0.508 e. The van der Waals surface area contributed by atoms with Crippen LogP contribution in [-0.2, 0) is 20.7 Å². The maximum absolute atomic E-state index is 14.7. The predicted molar refractivity (Wildman–Crippen MR) is 170 cm³/mol. The van der Waals surface area contributed by atoms with E-state index in [1.807, 2.05) is 77.1 Å². The molecule has 3 aromatic rings. The highest BCUT2D eigenvalue weighted by atomic mass is 16.6. The number of amides is 3. The fraction of sp³-hybridized carbons (Fsp3) is 0.400. The Kier molecular flexibility index (Phi) is 11.0. The normalized spacial score (nSPS) is 13.4. The van der Waals surface area contributed by atoms with Gasteiger partial charge in [0.15, 0.2) is 0 Å². The van der Waals surface area contributed by atoms with Crippen LogP contribution in [0.1, 0.15) is 74.9 Å². The molecule has 3 rings (SSSR count). The summed E-state index contributed by atoms with van der Waals surface area (Å²) >= 11 is 0. The highest BCUT2D eigenvalue weighted by molar-refractivity contribution is 5.99. The van der Waals surface area contributed by atoms with Gasteiger partial charge in [0.1, 0.15) is 23.4 Å². The van der Waals surface area contributed by atoms with Crippen LogP contribution in [0.15, 0.2) is 66.7 Å². The number of anilines is 1. The smallest absolute Gasteiger partial charge is 0.408 e. The summed E-state index contributed by atoms with van der Waals surface area (Å²) in [4.78, 5) is 43.6. The van der Waals surface area contributed by atoms with Crippen molar-refractivity contribution in [2.45, 2.75) is 92.0 Å². The van der Waals surface area contributed by atoms with Crippen LogP contribution in [0.2, 0.25) is 0 Å². The molecule has 0 aliphatic rings. The molecule has 0 bridgehead atoms. The molecule has 0 spiro atoms. The molecule has 0 fully saturated rings. The monoisotopic (exact) mass is 587 g/mol. The van der Waals surface area contributed by atoms with E-state index in [0.29, 0.717) is 17.7 Å². The number of hydrogen-bond donors (Lipinski definition) is 3. The molecular formula is C35H45N3O5. The lowest BCUT2D eigenvalue weighted by atomic mass is 9.93. The molecule has 230 valence electrons. The van der Waals surface area contributed by atoms with Gasteiger partial charge in [0.05, 0.1) is 0 Å². The largest absolute Gasteiger partial charge is 0.508 e. The lowest BCUT2D eigenvalue weighted by molar-refractivity contribution is -0.143. The third-order valence-electron chi connectivity index (χ3n) is 7.34. The van der Waals surface area contributed by atoms with Gasteiger partial charge in [-0.1, -0.05) is 61.0 Å². The molecule has 0 heterocycles. The molecule has 0 radical (unpaired) electrons. The van der Waals surface area contributed by atoms with Crippen molar-refractivity contribution in [2.75, 3.05) is 5.32 Å². The number of nitrogens with one attached hydrogen (secondary N) is 2. The van der Waals surface area contributed by atoms with Gasteiger partial charge in [0.25, 0.3) is 5.91 Å². The van der Waals surface area contributed by atoms with E-state index in [0.717, 1.165) is 22.3 Å². The molecule has 0 saturated carbocycles. The number of aryl methyl sites for hydroxylation is 3. The SMILES string of the molecule is CCC(C)N(C(=O)C(Cc1ccc(O)cc1)NC(=O)OC(C)(C)C)C(C(=O)Nc1ccccc1C)c1cc(C)ccc1C. The summed E-state index contributed by atoms with van der Waals surface area (Å²) in [6.45, 7) is 14.9. The quantitative estimate of drug-likeness (QED) is 0.243. The summed E-state index contributed by atoms with van der Waals surface area (Å²) in [5, 5.41) is 15.6. The minimum atomic E-state index is -1.05. The van der Waals surface area contributed by atoms with E-state index in [2.05, 4.69) is 10.6 Å². The van der Waals surface area contributed by atoms with Gasteiger partial charge >= 0.3 is 6.09 Å². The summed E-state index contributed by atoms with van der Waals surface area (Å²) in [7, 11) is 0. The van der Waals surface area contributed by atoms with Crippen molar-refractivity contribution in [1.82, 2.24) is 10.2 Å². The first-order valence-electron chi connectivity index (χ1n) is 14.7. The van der Waals surface area contributed by atoms with E-state index in [1.54, 1.807) is 37.8 Å². The van der Waals surface area contributed by atoms with E-state index in [4.69, 9.17) is 4.74 Å². The fourth-order valence-electron chi connectivity index (χ4n) is 4.88. The lowest BCUT2D eigenvalue weighted by Gasteiger charge is -2.39. The van der Waals surface area contributed by atoms with Crippen molar-refractivity contribution < 1.29 is 24.2 Å². The van der Waals surface area contributed by atoms with Crippen LogP contribution in [0.5, 0.6) is 5.75 Å². The fourth-order valence-corrected chi connectivity index (χ4v) is 4.88. The Balaban J connectivity index is 2.14. The number of phenolic OH excluding ortho intramolecular Hbond substituents is 1. The Morgan fingerprint density at radius 1 is 0.930 bits per heavy atom. The number of aromatic hydroxyl groups is 1. The summed E-state index contributed by atoms with van der Waals surface area (Å²) in [6, 6.07) is 17.4. The molecule has 8 nitrogen and oxygen atoms in total. The zero-order valence-corrected chi connectivity index (χ0v) is 26.5. The molecule has 0 aromatic heterocycles. The maximum Gasteiger partial charge on any atom is 0.408 e. The van der Waals surface area contributed by atoms with Gasteiger partial charge in [0.2, 0.25) is 5.91 Å². The Hall–Kier alpha value is -4.33. The number of para-hydroxylation sites is 1. The third-order valence-corrected chi connectivity index (χ3v) is 7.34. The molecule has 3 amide bonds. The van der Waals surface area contributed by atoms with Crippen LogP contribution >= 0.6 is 0 Å². The number of rotatable bonds is 10. The van der Waals surface area contributed by atoms with Crippen molar-refractivity contribution in [2.24, 2.45) is 0 Å². The third kappa shape index (κ3) is 9.08. The number of hydrogen-bond acceptors (Lipinski definition) is 5. The number of alkyl carbamates (subject to hydrolysis) is 1. The van der Waals surface area contributed by atoms with Crippen molar-refractivity contribution in [3.05, 3.63) is 94.5 Å². The van der Waals surface area contributed by atoms with Gasteiger partial charge in [-0.3, -0.25) is 9.59 Å². The van der Waals surface area contributed by atoms with Crippen molar-refractivity contribution >= 4 is 23.6 Å². The van der Waals surface area contributed by atoms with E-state index in [-0.39, 0.29) is 24.1 Å². The Bertz CT molecular complexity index is 1430. The van der Waals surface area contributed by atoms with Gasteiger partial charge in [-0.15, -0.1) is 0 Å². The number of carbonyl (C=O) groups is 3. The predicted octanol–water partition coefficient (Wildman–Crippen LogP) is 6.76. The second kappa shape index (κ2) is 14.2. The summed E-state index contributed by atoms with van der Waals surface area (Å²) < 4.78 is 5.52. The summed E-state index contributed by atoms with van der Waals surface area (Å²) in [6.07, 6.45) is -0.0331. The zero-order valence-electron chi connectivity index (χ0n) is 26.5. The van der Waals surface area contributed by atoms with Crippen molar-refractivity contribution in [1.29, 1.82) is 0 Å². The highest BCUT2D eigenvalue weighted by Crippen LogP contribution is 2.31. The van der Waals surface area contributed by atoms with Crippen LogP contribution in [0.3, 0.4) is 0 Å². The molecule has 3 unspecified atom stereocenters. The van der Waals surface area contributed by atoms with Crippen LogP contribution in [0.4, 0.5) is 10.5 Å². The number of benzene rings is 3. The van der Waals surface area contributed by atoms with Crippen molar-refractivity contribution in [3.8, 4) is 5.75 Å². The summed E-state index contributed by atoms with van der Waals surface area (Å²) in [5.74, 6) is -0.674. The topological polar surface area (TPSA) is 108 Å². The Morgan fingerprint density at radius 2 is 1.58 bits per heavy atom. The molecule has 0 saturated heterocycles. The first-order chi connectivity index (χ1) is 20.2. The van der Waals surface area contributed by atoms with E-state index in [9.17, 15) is 19.5 Å². The van der Waals surface area contributed by atoms with E-state index < -0.39 is 29.7 Å². The average Bonchev–Trinajstić information content (AvgIpc) is 2.93. The zero-order chi connectivity index (χ0) is 31.9. The molecule has 0 aliphatic heterocycles. The van der Waals surface area contributed by atoms with E-state index in [1.165, 1.54) is 12.1 Å². The first kappa shape index (κ1) is 33.2. The Labute approximate surface area is 255 Å². The number of nitrogens with zero attached hydrogens (tertiary/aromatic N) is 1. The lowest BCUT2D eigenvalue weighted by Crippen LogP contribution is -2.55. The van der Waals surface area contributed by atoms with Crippen LogP contribution in [0, 0.1) is 20.8 Å². The van der Waals surface area contributed by atoms with Crippen LogP contribution in [0.25, 0.3) is 0 Å². The molecular weight excluding hydrogens is 542 g/mol. The van der Waals surface area contributed by atoms with Crippen molar-refractivity contribution in [3.63, 3.8) is 0 Å². The standard InChI is InChI=1S/C35H45N3O5/c1-9-25(5)38(33(41)30(37-34(42)43-35(6,7)8)21-26-16-18-27(39)19-17-26)31(28-20-22(2)14-15-23(28)3)32(40)36-29-13-11-10-12-24(29)4/h10-20,25,30-31,39H,9,21H2,1-8H3,(H,36,40)(H,37,42). The van der Waals surface area contributed by atoms with Gasteiger partial charge in [-0.05, 0) is 95.3 Å². The molecule has 8 heteroatoms. The number of carbonyl (C=O) groups excluding carboxylic acids is 3. The van der Waals surface area contributed by atoms with Crippen LogP contribution in [-0.4, -0.2) is 45.6 Å². The van der Waals surface area contributed by atoms with Gasteiger partial charge < -0.3 is 25.4 Å². The van der Waals surface area contributed by atoms with Crippen LogP contribution < -0.4 is 10.6 Å². The van der Waals surface area contributed by atoms with Gasteiger partial charge in [0, 0.05) is 18.2 Å². The Morgan fingerprint density at radius 3 is 2.19 bits per heavy atom. The molecule has 3 aromatic carbocycles. The van der Waals surface area contributed by atoms with Gasteiger partial charge in [-0.2, -0.15) is 0 Å².